The number of rotatable bonds is 2. The zero-order valence-electron chi connectivity index (χ0n) is 11.9. The van der Waals surface area contributed by atoms with Gasteiger partial charge in [0, 0.05) is 25.2 Å². The first-order valence-corrected chi connectivity index (χ1v) is 7.12. The molecule has 2 fully saturated rings. The second kappa shape index (κ2) is 5.89. The van der Waals surface area contributed by atoms with Crippen molar-refractivity contribution in [2.24, 2.45) is 0 Å². The van der Waals surface area contributed by atoms with Crippen LogP contribution in [0, 0.1) is 0 Å². The summed E-state index contributed by atoms with van der Waals surface area (Å²) in [7, 11) is 0. The molecule has 116 valence electrons. The van der Waals surface area contributed by atoms with Gasteiger partial charge in [0.15, 0.2) is 0 Å². The van der Waals surface area contributed by atoms with Gasteiger partial charge in [-0.3, -0.25) is 14.6 Å². The number of piperazine rings is 1. The Morgan fingerprint density at radius 1 is 1.35 bits per heavy atom. The molecule has 2 aliphatic rings. The maximum atomic E-state index is 13.1. The van der Waals surface area contributed by atoms with Crippen molar-refractivity contribution in [2.75, 3.05) is 26.2 Å². The van der Waals surface area contributed by atoms with Crippen LogP contribution in [0.25, 0.3) is 0 Å². The fourth-order valence-electron chi connectivity index (χ4n) is 3.07. The van der Waals surface area contributed by atoms with Crippen LogP contribution >= 0.6 is 0 Å². The number of piperidine rings is 1. The molecule has 4 nitrogen and oxygen atoms in total. The summed E-state index contributed by atoms with van der Waals surface area (Å²) in [5.41, 5.74) is 0. The van der Waals surface area contributed by atoms with Crippen molar-refractivity contribution in [2.45, 2.75) is 51.0 Å². The molecule has 1 amide bonds. The second-order valence-corrected chi connectivity index (χ2v) is 5.92. The number of carbonyl (C=O) groups is 1. The van der Waals surface area contributed by atoms with Gasteiger partial charge in [-0.05, 0) is 33.2 Å². The lowest BCUT2D eigenvalue weighted by Gasteiger charge is -2.46. The molecule has 2 rings (SSSR count). The van der Waals surface area contributed by atoms with Crippen LogP contribution in [-0.2, 0) is 4.79 Å². The van der Waals surface area contributed by atoms with Crippen LogP contribution < -0.4 is 5.32 Å². The van der Waals surface area contributed by atoms with Gasteiger partial charge in [-0.1, -0.05) is 0 Å². The number of halogens is 3. The minimum Gasteiger partial charge on any atom is -0.353 e. The Hall–Kier alpha value is -0.820. The Bertz CT molecular complexity index is 359. The molecule has 0 aromatic heterocycles. The molecule has 0 aliphatic carbocycles. The van der Waals surface area contributed by atoms with Gasteiger partial charge < -0.3 is 5.32 Å². The number of hydrogen-bond donors (Lipinski definition) is 1. The number of carbonyl (C=O) groups excluding carboxylic acids is 1. The van der Waals surface area contributed by atoms with Crippen molar-refractivity contribution in [1.29, 1.82) is 0 Å². The lowest BCUT2D eigenvalue weighted by Crippen LogP contribution is -2.65. The maximum Gasteiger partial charge on any atom is 0.405 e. The summed E-state index contributed by atoms with van der Waals surface area (Å²) in [6.45, 7) is 5.14. The smallest absolute Gasteiger partial charge is 0.353 e. The molecule has 0 spiro atoms. The quantitative estimate of drug-likeness (QED) is 0.831. The molecule has 0 aromatic carbocycles. The Labute approximate surface area is 117 Å². The highest BCUT2D eigenvalue weighted by Crippen LogP contribution is 2.30. The highest BCUT2D eigenvalue weighted by Gasteiger charge is 2.48. The Kier molecular flexibility index (Phi) is 4.59. The summed E-state index contributed by atoms with van der Waals surface area (Å²) in [4.78, 5) is 15.0. The predicted octanol–water partition coefficient (Wildman–Crippen LogP) is 1.22. The zero-order valence-corrected chi connectivity index (χ0v) is 11.9. The van der Waals surface area contributed by atoms with Gasteiger partial charge in [-0.15, -0.1) is 0 Å². The molecular formula is C13H22F3N3O. The fourth-order valence-corrected chi connectivity index (χ4v) is 3.07. The van der Waals surface area contributed by atoms with Gasteiger partial charge in [-0.25, -0.2) is 0 Å². The molecular weight excluding hydrogens is 271 g/mol. The summed E-state index contributed by atoms with van der Waals surface area (Å²) in [6, 6.07) is -1.43. The Morgan fingerprint density at radius 2 is 2.05 bits per heavy atom. The monoisotopic (exact) mass is 293 g/mol. The molecule has 0 bridgehead atoms. The summed E-state index contributed by atoms with van der Waals surface area (Å²) in [5, 5.41) is 2.33. The third-order valence-electron chi connectivity index (χ3n) is 4.22. The van der Waals surface area contributed by atoms with Crippen molar-refractivity contribution in [3.63, 3.8) is 0 Å². The third-order valence-corrected chi connectivity index (χ3v) is 4.22. The SMILES string of the molecule is CC(C)N1CCCC(N2CC(=O)NCC2C(F)(F)F)C1. The van der Waals surface area contributed by atoms with E-state index in [-0.39, 0.29) is 25.0 Å². The number of likely N-dealkylation sites (tertiary alicyclic amines) is 1. The van der Waals surface area contributed by atoms with E-state index in [4.69, 9.17) is 0 Å². The van der Waals surface area contributed by atoms with E-state index in [0.29, 0.717) is 12.6 Å². The maximum absolute atomic E-state index is 13.1. The van der Waals surface area contributed by atoms with Crippen LogP contribution in [0.4, 0.5) is 13.2 Å². The van der Waals surface area contributed by atoms with Crippen LogP contribution in [-0.4, -0.2) is 66.2 Å². The first kappa shape index (κ1) is 15.6. The number of nitrogens with one attached hydrogen (secondary N) is 1. The average molecular weight is 293 g/mol. The third kappa shape index (κ3) is 3.44. The summed E-state index contributed by atoms with van der Waals surface area (Å²) in [5.74, 6) is -0.313. The van der Waals surface area contributed by atoms with Crippen molar-refractivity contribution in [3.05, 3.63) is 0 Å². The van der Waals surface area contributed by atoms with Crippen LogP contribution in [0.15, 0.2) is 0 Å². The van der Waals surface area contributed by atoms with E-state index in [0.717, 1.165) is 19.4 Å². The first-order chi connectivity index (χ1) is 9.29. The summed E-state index contributed by atoms with van der Waals surface area (Å²) >= 11 is 0. The Morgan fingerprint density at radius 3 is 2.65 bits per heavy atom. The van der Waals surface area contributed by atoms with Gasteiger partial charge in [-0.2, -0.15) is 13.2 Å². The van der Waals surface area contributed by atoms with Gasteiger partial charge in [0.2, 0.25) is 5.91 Å². The average Bonchev–Trinajstić information content (AvgIpc) is 2.37. The molecule has 0 radical (unpaired) electrons. The Balaban J connectivity index is 2.11. The van der Waals surface area contributed by atoms with Crippen molar-refractivity contribution in [1.82, 2.24) is 15.1 Å². The largest absolute Gasteiger partial charge is 0.405 e. The molecule has 0 aromatic rings. The highest BCUT2D eigenvalue weighted by molar-refractivity contribution is 5.79. The molecule has 7 heteroatoms. The lowest BCUT2D eigenvalue weighted by atomic mass is 9.99. The molecule has 2 saturated heterocycles. The van der Waals surface area contributed by atoms with Gasteiger partial charge >= 0.3 is 6.18 Å². The van der Waals surface area contributed by atoms with E-state index in [1.54, 1.807) is 0 Å². The molecule has 2 unspecified atom stereocenters. The highest BCUT2D eigenvalue weighted by atomic mass is 19.4. The number of alkyl halides is 3. The second-order valence-electron chi connectivity index (χ2n) is 5.92. The van der Waals surface area contributed by atoms with E-state index >= 15 is 0 Å². The zero-order chi connectivity index (χ0) is 14.9. The van der Waals surface area contributed by atoms with Gasteiger partial charge in [0.25, 0.3) is 0 Å². The van der Waals surface area contributed by atoms with Crippen LogP contribution in [0.2, 0.25) is 0 Å². The first-order valence-electron chi connectivity index (χ1n) is 7.12. The fraction of sp³-hybridized carbons (Fsp3) is 0.923. The molecule has 2 aliphatic heterocycles. The van der Waals surface area contributed by atoms with Crippen molar-refractivity contribution >= 4 is 5.91 Å². The van der Waals surface area contributed by atoms with E-state index in [1.165, 1.54) is 4.90 Å². The lowest BCUT2D eigenvalue weighted by molar-refractivity contribution is -0.197. The summed E-state index contributed by atoms with van der Waals surface area (Å²) < 4.78 is 39.4. The van der Waals surface area contributed by atoms with Crippen molar-refractivity contribution < 1.29 is 18.0 Å². The summed E-state index contributed by atoms with van der Waals surface area (Å²) in [6.07, 6.45) is -2.69. The van der Waals surface area contributed by atoms with E-state index in [9.17, 15) is 18.0 Å². The number of amides is 1. The normalized spacial score (nSPS) is 30.6. The van der Waals surface area contributed by atoms with E-state index in [1.807, 2.05) is 13.8 Å². The topological polar surface area (TPSA) is 35.6 Å². The van der Waals surface area contributed by atoms with E-state index in [2.05, 4.69) is 10.2 Å². The number of hydrogen-bond acceptors (Lipinski definition) is 3. The van der Waals surface area contributed by atoms with E-state index < -0.39 is 12.2 Å². The predicted molar refractivity (Wildman–Crippen MR) is 69.3 cm³/mol. The molecule has 0 saturated carbocycles. The molecule has 2 atom stereocenters. The van der Waals surface area contributed by atoms with Crippen molar-refractivity contribution in [3.8, 4) is 0 Å². The number of nitrogens with zero attached hydrogens (tertiary/aromatic N) is 2. The minimum absolute atomic E-state index is 0.152. The minimum atomic E-state index is -4.30. The standard InChI is InChI=1S/C13H22F3N3O/c1-9(2)18-5-3-4-10(7-18)19-8-12(20)17-6-11(19)13(14,15)16/h9-11H,3-8H2,1-2H3,(H,17,20). The van der Waals surface area contributed by atoms with Crippen LogP contribution in [0.3, 0.4) is 0 Å². The van der Waals surface area contributed by atoms with Gasteiger partial charge in [0.05, 0.1) is 6.54 Å². The molecule has 2 heterocycles. The van der Waals surface area contributed by atoms with Crippen LogP contribution in [0.5, 0.6) is 0 Å². The van der Waals surface area contributed by atoms with Crippen LogP contribution in [0.1, 0.15) is 26.7 Å². The molecule has 1 N–H and O–H groups in total. The molecule has 20 heavy (non-hydrogen) atoms. The van der Waals surface area contributed by atoms with Gasteiger partial charge in [0.1, 0.15) is 6.04 Å².